The molecule has 4 heteroatoms. The quantitative estimate of drug-likeness (QED) is 0.190. The van der Waals surface area contributed by atoms with E-state index in [0.29, 0.717) is 0 Å². The van der Waals surface area contributed by atoms with Gasteiger partial charge in [-0.25, -0.2) is 9.97 Å². The maximum absolute atomic E-state index is 5.55. The maximum Gasteiger partial charge on any atom is 0.165 e. The van der Waals surface area contributed by atoms with Crippen LogP contribution in [0.5, 0.6) is 0 Å². The third-order valence-electron chi connectivity index (χ3n) is 10.8. The number of rotatable bonds is 2. The van der Waals surface area contributed by atoms with Crippen LogP contribution < -0.4 is 0 Å². The molecule has 0 aliphatic heterocycles. The van der Waals surface area contributed by atoms with Gasteiger partial charge >= 0.3 is 0 Å². The van der Waals surface area contributed by atoms with Gasteiger partial charge in [0, 0.05) is 37.9 Å². The molecule has 0 bridgehead atoms. The molecule has 0 aliphatic rings. The first-order valence-electron chi connectivity index (χ1n) is 17.1. The second kappa shape index (κ2) is 9.43. The summed E-state index contributed by atoms with van der Waals surface area (Å²) in [6.07, 6.45) is 0. The third-order valence-corrected chi connectivity index (χ3v) is 10.8. The van der Waals surface area contributed by atoms with Crippen molar-refractivity contribution in [1.82, 2.24) is 18.9 Å². The highest BCUT2D eigenvalue weighted by atomic mass is 15.1. The van der Waals surface area contributed by atoms with Crippen molar-refractivity contribution in [1.29, 1.82) is 0 Å². The lowest BCUT2D eigenvalue weighted by molar-refractivity contribution is 1.08. The van der Waals surface area contributed by atoms with Crippen LogP contribution >= 0.6 is 0 Å². The van der Waals surface area contributed by atoms with Crippen LogP contribution in [-0.2, 0) is 0 Å². The standard InChI is InChI=1S/C46H26N4/c1-2-15-28-27(13-1)14-11-20-32(28)42-46(48-37-24-8-7-23-36(37)47-42)50-39-26-10-6-19-34(39)40-30-17-3-4-18-31(30)41-35-22-12-21-33-29-16-5-9-25-38(29)49(43(33)35)44(41)45(40)50/h1-26H. The molecule has 0 amide bonds. The van der Waals surface area contributed by atoms with E-state index >= 15 is 0 Å². The fourth-order valence-electron chi connectivity index (χ4n) is 8.82. The van der Waals surface area contributed by atoms with Crippen LogP contribution in [0.4, 0.5) is 0 Å². The van der Waals surface area contributed by atoms with E-state index in [1.807, 2.05) is 6.07 Å². The predicted molar refractivity (Wildman–Crippen MR) is 209 cm³/mol. The number of benzene rings is 8. The van der Waals surface area contributed by atoms with Crippen LogP contribution in [0.1, 0.15) is 0 Å². The first-order chi connectivity index (χ1) is 24.8. The van der Waals surface area contributed by atoms with E-state index in [-0.39, 0.29) is 0 Å². The second-order valence-corrected chi connectivity index (χ2v) is 13.3. The summed E-state index contributed by atoms with van der Waals surface area (Å²) in [5.74, 6) is 0.826. The molecule has 4 aromatic heterocycles. The topological polar surface area (TPSA) is 35.1 Å². The fraction of sp³-hybridized carbons (Fsp3) is 0. The lowest BCUT2D eigenvalue weighted by Crippen LogP contribution is -2.04. The molecule has 4 nitrogen and oxygen atoms in total. The number of para-hydroxylation sites is 5. The summed E-state index contributed by atoms with van der Waals surface area (Å²) >= 11 is 0. The molecule has 0 spiro atoms. The lowest BCUT2D eigenvalue weighted by Gasteiger charge is -2.16. The molecule has 8 aromatic carbocycles. The molecule has 0 saturated carbocycles. The summed E-state index contributed by atoms with van der Waals surface area (Å²) in [6.45, 7) is 0. The van der Waals surface area contributed by atoms with Gasteiger partial charge in [-0.05, 0) is 45.8 Å². The molecular formula is C46H26N4. The van der Waals surface area contributed by atoms with E-state index in [4.69, 9.17) is 9.97 Å². The van der Waals surface area contributed by atoms with Crippen LogP contribution in [0, 0.1) is 0 Å². The van der Waals surface area contributed by atoms with Crippen molar-refractivity contribution in [3.05, 3.63) is 158 Å². The highest BCUT2D eigenvalue weighted by molar-refractivity contribution is 6.38. The Morgan fingerprint density at radius 1 is 0.360 bits per heavy atom. The smallest absolute Gasteiger partial charge is 0.165 e. The Morgan fingerprint density at radius 2 is 0.920 bits per heavy atom. The maximum atomic E-state index is 5.55. The van der Waals surface area contributed by atoms with Gasteiger partial charge in [0.1, 0.15) is 5.69 Å². The number of hydrogen-bond donors (Lipinski definition) is 0. The highest BCUT2D eigenvalue weighted by Gasteiger charge is 2.27. The van der Waals surface area contributed by atoms with Gasteiger partial charge < -0.3 is 4.40 Å². The molecular weight excluding hydrogens is 609 g/mol. The van der Waals surface area contributed by atoms with Crippen LogP contribution in [0.25, 0.3) is 110 Å². The Hall–Kier alpha value is -6.78. The van der Waals surface area contributed by atoms with Gasteiger partial charge in [0.15, 0.2) is 5.82 Å². The van der Waals surface area contributed by atoms with Gasteiger partial charge in [-0.3, -0.25) is 4.57 Å². The molecule has 4 heterocycles. The van der Waals surface area contributed by atoms with E-state index < -0.39 is 0 Å². The number of fused-ring (bicyclic) bond motifs is 15. The van der Waals surface area contributed by atoms with Crippen molar-refractivity contribution >= 4 is 92.5 Å². The van der Waals surface area contributed by atoms with Gasteiger partial charge in [-0.15, -0.1) is 0 Å². The largest absolute Gasteiger partial charge is 0.306 e. The first-order valence-corrected chi connectivity index (χ1v) is 17.1. The van der Waals surface area contributed by atoms with Crippen molar-refractivity contribution in [2.24, 2.45) is 0 Å². The molecule has 0 N–H and O–H groups in total. The Morgan fingerprint density at radius 3 is 1.74 bits per heavy atom. The Kier molecular flexibility index (Phi) is 4.94. The van der Waals surface area contributed by atoms with Gasteiger partial charge in [0.2, 0.25) is 0 Å². The first kappa shape index (κ1) is 26.2. The van der Waals surface area contributed by atoms with Crippen molar-refractivity contribution in [2.75, 3.05) is 0 Å². The van der Waals surface area contributed by atoms with Crippen LogP contribution in [0.2, 0.25) is 0 Å². The summed E-state index contributed by atoms with van der Waals surface area (Å²) < 4.78 is 4.94. The Bertz CT molecular complexity index is 3370. The summed E-state index contributed by atoms with van der Waals surface area (Å²) in [4.78, 5) is 11.0. The van der Waals surface area contributed by atoms with Crippen molar-refractivity contribution in [2.45, 2.75) is 0 Å². The molecule has 0 aliphatic carbocycles. The predicted octanol–water partition coefficient (Wildman–Crippen LogP) is 11.9. The minimum Gasteiger partial charge on any atom is -0.306 e. The van der Waals surface area contributed by atoms with Gasteiger partial charge in [-0.1, -0.05) is 133 Å². The summed E-state index contributed by atoms with van der Waals surface area (Å²) in [7, 11) is 0. The second-order valence-electron chi connectivity index (χ2n) is 13.3. The summed E-state index contributed by atoms with van der Waals surface area (Å²) in [6, 6.07) is 56.7. The zero-order valence-corrected chi connectivity index (χ0v) is 26.8. The fourth-order valence-corrected chi connectivity index (χ4v) is 8.82. The van der Waals surface area contributed by atoms with E-state index in [1.165, 1.54) is 65.0 Å². The van der Waals surface area contributed by atoms with Gasteiger partial charge in [0.05, 0.1) is 38.6 Å². The Labute approximate surface area is 285 Å². The van der Waals surface area contributed by atoms with Crippen molar-refractivity contribution < 1.29 is 0 Å². The average Bonchev–Trinajstić information content (AvgIpc) is 3.83. The van der Waals surface area contributed by atoms with E-state index in [1.54, 1.807) is 0 Å². The van der Waals surface area contributed by atoms with Crippen LogP contribution in [-0.4, -0.2) is 18.9 Å². The van der Waals surface area contributed by atoms with E-state index in [9.17, 15) is 0 Å². The zero-order chi connectivity index (χ0) is 32.5. The van der Waals surface area contributed by atoms with Crippen molar-refractivity contribution in [3.8, 4) is 17.1 Å². The van der Waals surface area contributed by atoms with Crippen LogP contribution in [0.15, 0.2) is 158 Å². The molecule has 0 atom stereocenters. The normalized spacial score (nSPS) is 12.4. The summed E-state index contributed by atoms with van der Waals surface area (Å²) in [5, 5.41) is 12.3. The molecule has 50 heavy (non-hydrogen) atoms. The van der Waals surface area contributed by atoms with Crippen LogP contribution in [0.3, 0.4) is 0 Å². The number of aromatic nitrogens is 4. The van der Waals surface area contributed by atoms with E-state index in [0.717, 1.165) is 44.5 Å². The molecule has 12 aromatic rings. The number of hydrogen-bond acceptors (Lipinski definition) is 2. The molecule has 0 saturated heterocycles. The van der Waals surface area contributed by atoms with Gasteiger partial charge in [0.25, 0.3) is 0 Å². The van der Waals surface area contributed by atoms with E-state index in [2.05, 4.69) is 161 Å². The monoisotopic (exact) mass is 634 g/mol. The minimum absolute atomic E-state index is 0.826. The average molecular weight is 635 g/mol. The molecule has 0 fully saturated rings. The van der Waals surface area contributed by atoms with Gasteiger partial charge in [-0.2, -0.15) is 0 Å². The zero-order valence-electron chi connectivity index (χ0n) is 26.8. The molecule has 0 radical (unpaired) electrons. The lowest BCUT2D eigenvalue weighted by atomic mass is 9.98. The molecule has 230 valence electrons. The molecule has 0 unspecified atom stereocenters. The number of nitrogens with zero attached hydrogens (tertiary/aromatic N) is 4. The van der Waals surface area contributed by atoms with Crippen molar-refractivity contribution in [3.63, 3.8) is 0 Å². The Balaban J connectivity index is 1.40. The summed E-state index contributed by atoms with van der Waals surface area (Å²) in [5.41, 5.74) is 9.59. The SMILES string of the molecule is c1ccc2c(-c3nc4ccccc4nc3-n3c4ccccc4c4c5ccccc5c5c6cccc7c8ccccc8n(c76)c5c43)cccc2c1. The third kappa shape index (κ3) is 3.21. The minimum atomic E-state index is 0.826. The molecule has 12 rings (SSSR count). The highest BCUT2D eigenvalue weighted by Crippen LogP contribution is 2.49.